The molecule has 10 heteroatoms. The summed E-state index contributed by atoms with van der Waals surface area (Å²) in [5.41, 5.74) is 1.55. The monoisotopic (exact) mass is 425 g/mol. The van der Waals surface area contributed by atoms with E-state index in [2.05, 4.69) is 20.8 Å². The van der Waals surface area contributed by atoms with Crippen LogP contribution >= 0.6 is 23.2 Å². The first-order chi connectivity index (χ1) is 13.1. The molecule has 150 valence electrons. The van der Waals surface area contributed by atoms with Gasteiger partial charge in [0.1, 0.15) is 5.60 Å². The van der Waals surface area contributed by atoms with E-state index in [4.69, 9.17) is 27.9 Å². The number of carbonyl (C=O) groups excluding carboxylic acids is 2. The molecule has 28 heavy (non-hydrogen) atoms. The van der Waals surface area contributed by atoms with Crippen LogP contribution in [0.1, 0.15) is 32.0 Å². The number of benzene rings is 1. The summed E-state index contributed by atoms with van der Waals surface area (Å²) >= 11 is 11.8. The Morgan fingerprint density at radius 1 is 1.21 bits per heavy atom. The van der Waals surface area contributed by atoms with Gasteiger partial charge in [-0.15, -0.1) is 0 Å². The molecule has 0 unspecified atom stereocenters. The van der Waals surface area contributed by atoms with Crippen LogP contribution in [0, 0.1) is 0 Å². The molecule has 0 fully saturated rings. The third kappa shape index (κ3) is 4.88. The quantitative estimate of drug-likeness (QED) is 0.651. The van der Waals surface area contributed by atoms with Crippen molar-refractivity contribution in [3.05, 3.63) is 39.5 Å². The molecule has 1 aliphatic rings. The predicted octanol–water partition coefficient (Wildman–Crippen LogP) is 4.65. The van der Waals surface area contributed by atoms with Crippen LogP contribution in [0.4, 0.5) is 21.1 Å². The molecule has 2 heterocycles. The topological polar surface area (TPSA) is 99.3 Å². The van der Waals surface area contributed by atoms with Crippen LogP contribution in [0.15, 0.2) is 18.2 Å². The number of aromatic nitrogens is 2. The molecular formula is C18H21Cl2N5O3. The van der Waals surface area contributed by atoms with Crippen LogP contribution in [0.2, 0.25) is 10.0 Å². The average Bonchev–Trinajstić information content (AvgIpc) is 2.99. The Labute approximate surface area is 172 Å². The lowest BCUT2D eigenvalue weighted by Gasteiger charge is -2.30. The smallest absolute Gasteiger partial charge is 0.410 e. The highest BCUT2D eigenvalue weighted by Gasteiger charge is 2.29. The molecule has 0 radical (unpaired) electrons. The maximum Gasteiger partial charge on any atom is 0.410 e. The lowest BCUT2D eigenvalue weighted by molar-refractivity contribution is 0.0224. The minimum atomic E-state index is -0.575. The van der Waals surface area contributed by atoms with Crippen molar-refractivity contribution in [2.75, 3.05) is 17.2 Å². The van der Waals surface area contributed by atoms with Crippen LogP contribution in [-0.2, 0) is 17.7 Å². The van der Waals surface area contributed by atoms with Gasteiger partial charge in [-0.25, -0.2) is 9.59 Å². The highest BCUT2D eigenvalue weighted by molar-refractivity contribution is 6.42. The zero-order valence-electron chi connectivity index (χ0n) is 15.7. The fourth-order valence-corrected chi connectivity index (χ4v) is 3.02. The van der Waals surface area contributed by atoms with Crippen molar-refractivity contribution >= 4 is 46.8 Å². The molecule has 0 bridgehead atoms. The van der Waals surface area contributed by atoms with E-state index >= 15 is 0 Å². The van der Waals surface area contributed by atoms with Crippen molar-refractivity contribution in [3.63, 3.8) is 0 Å². The lowest BCUT2D eigenvalue weighted by Crippen LogP contribution is -2.40. The van der Waals surface area contributed by atoms with E-state index in [0.717, 1.165) is 11.3 Å². The molecule has 0 atom stereocenters. The number of carbonyl (C=O) groups is 2. The van der Waals surface area contributed by atoms with Crippen LogP contribution < -0.4 is 10.6 Å². The summed E-state index contributed by atoms with van der Waals surface area (Å²) in [6.07, 6.45) is 0.197. The Morgan fingerprint density at radius 2 is 1.96 bits per heavy atom. The number of nitrogens with zero attached hydrogens (tertiary/aromatic N) is 2. The number of urea groups is 1. The van der Waals surface area contributed by atoms with E-state index in [-0.39, 0.29) is 0 Å². The number of fused-ring (bicyclic) bond motifs is 1. The SMILES string of the molecule is CC(C)(C)OC(=O)N1CCc2[nH]nc(NC(=O)Nc3ccc(Cl)c(Cl)c3)c2C1. The molecule has 3 N–H and O–H groups in total. The van der Waals surface area contributed by atoms with E-state index in [0.29, 0.717) is 41.1 Å². The van der Waals surface area contributed by atoms with Gasteiger partial charge in [0, 0.05) is 29.9 Å². The van der Waals surface area contributed by atoms with Crippen LogP contribution in [0.3, 0.4) is 0 Å². The number of amides is 3. The van der Waals surface area contributed by atoms with Crippen molar-refractivity contribution in [2.24, 2.45) is 0 Å². The predicted molar refractivity (Wildman–Crippen MR) is 108 cm³/mol. The molecule has 3 rings (SSSR count). The van der Waals surface area contributed by atoms with Gasteiger partial charge in [-0.2, -0.15) is 5.10 Å². The fraction of sp³-hybridized carbons (Fsp3) is 0.389. The molecule has 1 aromatic carbocycles. The van der Waals surface area contributed by atoms with Crippen molar-refractivity contribution < 1.29 is 14.3 Å². The Bertz CT molecular complexity index is 907. The molecule has 1 aromatic heterocycles. The van der Waals surface area contributed by atoms with Gasteiger partial charge in [-0.1, -0.05) is 23.2 Å². The number of halogens is 2. The maximum absolute atomic E-state index is 12.3. The lowest BCUT2D eigenvalue weighted by atomic mass is 10.1. The number of nitrogens with one attached hydrogen (secondary N) is 3. The van der Waals surface area contributed by atoms with Crippen molar-refractivity contribution in [2.45, 2.75) is 39.3 Å². The van der Waals surface area contributed by atoms with E-state index in [9.17, 15) is 9.59 Å². The standard InChI is InChI=1S/C18H21Cl2N5O3/c1-18(2,3)28-17(27)25-7-6-14-11(9-25)15(24-23-14)22-16(26)21-10-4-5-12(19)13(20)8-10/h4-5,8H,6-7,9H2,1-3H3,(H3,21,22,23,24,26). The van der Waals surface area contributed by atoms with Gasteiger partial charge in [-0.05, 0) is 39.0 Å². The van der Waals surface area contributed by atoms with Crippen LogP contribution in [0.5, 0.6) is 0 Å². The Morgan fingerprint density at radius 3 is 2.64 bits per heavy atom. The first-order valence-corrected chi connectivity index (χ1v) is 9.45. The number of aromatic amines is 1. The molecule has 3 amide bonds. The second kappa shape index (κ2) is 7.89. The molecular weight excluding hydrogens is 405 g/mol. The first kappa shape index (κ1) is 20.3. The Balaban J connectivity index is 1.67. The number of ether oxygens (including phenoxy) is 1. The fourth-order valence-electron chi connectivity index (χ4n) is 2.72. The largest absolute Gasteiger partial charge is 0.444 e. The summed E-state index contributed by atoms with van der Waals surface area (Å²) in [5, 5.41) is 13.2. The van der Waals surface area contributed by atoms with Crippen LogP contribution in [-0.4, -0.2) is 39.4 Å². The maximum atomic E-state index is 12.3. The second-order valence-electron chi connectivity index (χ2n) is 7.39. The van der Waals surface area contributed by atoms with Gasteiger partial charge in [0.15, 0.2) is 5.82 Å². The molecule has 0 saturated carbocycles. The normalized spacial score (nSPS) is 13.7. The number of hydrogen-bond donors (Lipinski definition) is 3. The van der Waals surface area contributed by atoms with Gasteiger partial charge >= 0.3 is 12.1 Å². The summed E-state index contributed by atoms with van der Waals surface area (Å²) in [4.78, 5) is 26.2. The average molecular weight is 426 g/mol. The van der Waals surface area contributed by atoms with Crippen molar-refractivity contribution in [3.8, 4) is 0 Å². The molecule has 0 spiro atoms. The van der Waals surface area contributed by atoms with E-state index in [1.807, 2.05) is 20.8 Å². The molecule has 0 saturated heterocycles. The number of H-pyrrole nitrogens is 1. The van der Waals surface area contributed by atoms with Crippen molar-refractivity contribution in [1.29, 1.82) is 0 Å². The first-order valence-electron chi connectivity index (χ1n) is 8.69. The van der Waals surface area contributed by atoms with Crippen LogP contribution in [0.25, 0.3) is 0 Å². The third-order valence-electron chi connectivity index (χ3n) is 3.99. The number of rotatable bonds is 2. The molecule has 2 aromatic rings. The Hall–Kier alpha value is -2.45. The summed E-state index contributed by atoms with van der Waals surface area (Å²) in [5.74, 6) is 0.362. The summed E-state index contributed by atoms with van der Waals surface area (Å²) < 4.78 is 5.42. The highest BCUT2D eigenvalue weighted by atomic mass is 35.5. The zero-order chi connectivity index (χ0) is 20.5. The van der Waals surface area contributed by atoms with Gasteiger partial charge in [-0.3, -0.25) is 10.4 Å². The van der Waals surface area contributed by atoms with E-state index in [1.54, 1.807) is 23.1 Å². The summed E-state index contributed by atoms with van der Waals surface area (Å²) in [7, 11) is 0. The minimum absolute atomic E-state index is 0.295. The zero-order valence-corrected chi connectivity index (χ0v) is 17.2. The van der Waals surface area contributed by atoms with Gasteiger partial charge < -0.3 is 15.0 Å². The minimum Gasteiger partial charge on any atom is -0.444 e. The number of hydrogen-bond acceptors (Lipinski definition) is 4. The third-order valence-corrected chi connectivity index (χ3v) is 4.73. The van der Waals surface area contributed by atoms with Gasteiger partial charge in [0.2, 0.25) is 0 Å². The molecule has 0 aliphatic carbocycles. The summed E-state index contributed by atoms with van der Waals surface area (Å²) in [6.45, 7) is 6.26. The second-order valence-corrected chi connectivity index (χ2v) is 8.20. The van der Waals surface area contributed by atoms with Gasteiger partial charge in [0.05, 0.1) is 16.6 Å². The van der Waals surface area contributed by atoms with Crippen molar-refractivity contribution in [1.82, 2.24) is 15.1 Å². The number of anilines is 2. The Kier molecular flexibility index (Phi) is 5.71. The molecule has 8 nitrogen and oxygen atoms in total. The highest BCUT2D eigenvalue weighted by Crippen LogP contribution is 2.27. The van der Waals surface area contributed by atoms with E-state index in [1.165, 1.54) is 0 Å². The molecule has 1 aliphatic heterocycles. The van der Waals surface area contributed by atoms with Gasteiger partial charge in [0.25, 0.3) is 0 Å². The van der Waals surface area contributed by atoms with E-state index < -0.39 is 17.7 Å². The summed E-state index contributed by atoms with van der Waals surface area (Å²) in [6, 6.07) is 4.29.